The first-order valence-electron chi connectivity index (χ1n) is 8.78. The van der Waals surface area contributed by atoms with E-state index in [4.69, 9.17) is 11.6 Å². The Balaban J connectivity index is 1.80. The maximum Gasteiger partial charge on any atom is 0.232 e. The number of hydrogen-bond acceptors (Lipinski definition) is 2. The van der Waals surface area contributed by atoms with Gasteiger partial charge in [0.25, 0.3) is 0 Å². The van der Waals surface area contributed by atoms with Crippen LogP contribution in [-0.4, -0.2) is 36.4 Å². The fourth-order valence-electron chi connectivity index (χ4n) is 3.71. The summed E-state index contributed by atoms with van der Waals surface area (Å²) in [7, 11) is 4.20. The van der Waals surface area contributed by atoms with Crippen LogP contribution in [-0.2, 0) is 17.6 Å². The number of aryl methyl sites for hydroxylation is 1. The Morgan fingerprint density at radius 1 is 1.24 bits per heavy atom. The van der Waals surface area contributed by atoms with Crippen molar-refractivity contribution < 1.29 is 4.79 Å². The van der Waals surface area contributed by atoms with Gasteiger partial charge in [-0.2, -0.15) is 0 Å². The quantitative estimate of drug-likeness (QED) is 0.817. The number of rotatable bonds is 6. The van der Waals surface area contributed by atoms with Crippen LogP contribution < -0.4 is 5.32 Å². The van der Waals surface area contributed by atoms with Crippen LogP contribution in [0.3, 0.4) is 0 Å². The zero-order valence-corrected chi connectivity index (χ0v) is 16.1. The van der Waals surface area contributed by atoms with Crippen LogP contribution in [0.25, 0.3) is 0 Å². The van der Waals surface area contributed by atoms with E-state index >= 15 is 0 Å². The summed E-state index contributed by atoms with van der Waals surface area (Å²) in [5.74, 6) is -0.127. The number of aromatic amines is 1. The van der Waals surface area contributed by atoms with Crippen molar-refractivity contribution in [3.05, 3.63) is 51.3 Å². The molecular weight excluding hydrogens is 334 g/mol. The highest BCUT2D eigenvalue weighted by Gasteiger charge is 2.31. The number of amides is 1. The zero-order chi connectivity index (χ0) is 18.1. The molecule has 1 aromatic heterocycles. The van der Waals surface area contributed by atoms with Crippen LogP contribution in [0.2, 0.25) is 5.02 Å². The maximum absolute atomic E-state index is 12.4. The van der Waals surface area contributed by atoms with E-state index in [1.54, 1.807) is 0 Å². The third kappa shape index (κ3) is 3.75. The molecule has 3 rings (SSSR count). The minimum absolute atomic E-state index is 0.0538. The Hall–Kier alpha value is -1.78. The predicted octanol–water partition coefficient (Wildman–Crippen LogP) is 4.06. The van der Waals surface area contributed by atoms with Crippen molar-refractivity contribution in [1.29, 1.82) is 0 Å². The summed E-state index contributed by atoms with van der Waals surface area (Å²) in [6.07, 6.45) is 2.87. The molecule has 4 nitrogen and oxygen atoms in total. The van der Waals surface area contributed by atoms with Crippen LogP contribution in [0.15, 0.2) is 18.2 Å². The number of H-pyrrole nitrogens is 1. The van der Waals surface area contributed by atoms with Gasteiger partial charge >= 0.3 is 0 Å². The topological polar surface area (TPSA) is 48.1 Å². The molecule has 0 saturated carbocycles. The maximum atomic E-state index is 12.4. The molecule has 1 atom stereocenters. The summed E-state index contributed by atoms with van der Waals surface area (Å²) in [5, 5.41) is 3.64. The second kappa shape index (κ2) is 7.22. The van der Waals surface area contributed by atoms with Crippen molar-refractivity contribution in [3.63, 3.8) is 0 Å². The molecule has 2 aromatic rings. The highest BCUT2D eigenvalue weighted by atomic mass is 35.5. The summed E-state index contributed by atoms with van der Waals surface area (Å²) in [5.41, 5.74) is 6.94. The zero-order valence-electron chi connectivity index (χ0n) is 15.4. The molecule has 0 bridgehead atoms. The fourth-order valence-corrected chi connectivity index (χ4v) is 3.89. The molecule has 0 saturated heterocycles. The Labute approximate surface area is 154 Å². The van der Waals surface area contributed by atoms with E-state index in [0.29, 0.717) is 11.4 Å². The number of aromatic nitrogens is 1. The molecule has 5 heteroatoms. The van der Waals surface area contributed by atoms with Crippen molar-refractivity contribution in [1.82, 2.24) is 9.88 Å². The van der Waals surface area contributed by atoms with Gasteiger partial charge in [0, 0.05) is 28.5 Å². The molecule has 25 heavy (non-hydrogen) atoms. The van der Waals surface area contributed by atoms with Crippen molar-refractivity contribution in [3.8, 4) is 0 Å². The number of carbonyl (C=O) groups excluding carboxylic acids is 1. The largest absolute Gasteiger partial charge is 0.362 e. The summed E-state index contributed by atoms with van der Waals surface area (Å²) >= 11 is 6.13. The minimum Gasteiger partial charge on any atom is -0.362 e. The molecule has 1 aliphatic heterocycles. The van der Waals surface area contributed by atoms with Crippen LogP contribution in [0.4, 0.5) is 5.69 Å². The fraction of sp³-hybridized carbons (Fsp3) is 0.450. The minimum atomic E-state index is -0.180. The Bertz CT molecular complexity index is 794. The molecule has 1 aromatic carbocycles. The number of nitrogens with one attached hydrogen (secondary N) is 2. The van der Waals surface area contributed by atoms with Gasteiger partial charge in [-0.05, 0) is 82.2 Å². The Kier molecular flexibility index (Phi) is 5.21. The number of anilines is 1. The predicted molar refractivity (Wildman–Crippen MR) is 104 cm³/mol. The van der Waals surface area contributed by atoms with Gasteiger partial charge < -0.3 is 15.2 Å². The van der Waals surface area contributed by atoms with Gasteiger partial charge in [0.15, 0.2) is 0 Å². The highest BCUT2D eigenvalue weighted by Crippen LogP contribution is 2.37. The SMILES string of the molecule is Cc1[nH]c(CC2C(=O)Nc3ccc(Cl)cc32)c(C)c1CCCN(C)C. The first kappa shape index (κ1) is 18.0. The average molecular weight is 360 g/mol. The molecule has 1 unspecified atom stereocenters. The first-order valence-corrected chi connectivity index (χ1v) is 9.16. The first-order chi connectivity index (χ1) is 11.9. The lowest BCUT2D eigenvalue weighted by Gasteiger charge is -2.10. The number of benzene rings is 1. The number of carbonyl (C=O) groups is 1. The molecule has 2 heterocycles. The van der Waals surface area contributed by atoms with E-state index < -0.39 is 0 Å². The normalized spacial score (nSPS) is 16.4. The van der Waals surface area contributed by atoms with Crippen molar-refractivity contribution in [2.75, 3.05) is 26.0 Å². The molecule has 0 aliphatic carbocycles. The lowest BCUT2D eigenvalue weighted by atomic mass is 9.93. The summed E-state index contributed by atoms with van der Waals surface area (Å²) in [4.78, 5) is 18.2. The Morgan fingerprint density at radius 2 is 2.00 bits per heavy atom. The van der Waals surface area contributed by atoms with E-state index in [0.717, 1.165) is 36.3 Å². The summed E-state index contributed by atoms with van der Waals surface area (Å²) < 4.78 is 0. The molecule has 0 fully saturated rings. The van der Waals surface area contributed by atoms with Crippen molar-refractivity contribution in [2.24, 2.45) is 0 Å². The molecule has 2 N–H and O–H groups in total. The van der Waals surface area contributed by atoms with Gasteiger partial charge in [-0.25, -0.2) is 0 Å². The van der Waals surface area contributed by atoms with E-state index in [-0.39, 0.29) is 11.8 Å². The Morgan fingerprint density at radius 3 is 2.72 bits per heavy atom. The molecule has 134 valence electrons. The van der Waals surface area contributed by atoms with Gasteiger partial charge in [0.1, 0.15) is 0 Å². The van der Waals surface area contributed by atoms with Gasteiger partial charge in [-0.3, -0.25) is 4.79 Å². The van der Waals surface area contributed by atoms with Crippen LogP contribution in [0, 0.1) is 13.8 Å². The molecule has 0 radical (unpaired) electrons. The van der Waals surface area contributed by atoms with Gasteiger partial charge in [0.2, 0.25) is 5.91 Å². The van der Waals surface area contributed by atoms with E-state index in [2.05, 4.69) is 43.1 Å². The highest BCUT2D eigenvalue weighted by molar-refractivity contribution is 6.31. The number of nitrogens with zero attached hydrogens (tertiary/aromatic N) is 1. The van der Waals surface area contributed by atoms with Gasteiger partial charge in [0.05, 0.1) is 5.92 Å². The monoisotopic (exact) mass is 359 g/mol. The number of fused-ring (bicyclic) bond motifs is 1. The second-order valence-electron chi connectivity index (χ2n) is 7.22. The lowest BCUT2D eigenvalue weighted by molar-refractivity contribution is -0.117. The van der Waals surface area contributed by atoms with Crippen LogP contribution in [0.5, 0.6) is 0 Å². The van der Waals surface area contributed by atoms with Crippen LogP contribution >= 0.6 is 11.6 Å². The molecule has 1 aliphatic rings. The smallest absolute Gasteiger partial charge is 0.232 e. The molecule has 0 spiro atoms. The van der Waals surface area contributed by atoms with Crippen molar-refractivity contribution >= 4 is 23.2 Å². The number of halogens is 1. The van der Waals surface area contributed by atoms with E-state index in [9.17, 15) is 4.79 Å². The van der Waals surface area contributed by atoms with E-state index in [1.165, 1.54) is 16.8 Å². The lowest BCUT2D eigenvalue weighted by Crippen LogP contribution is -2.15. The van der Waals surface area contributed by atoms with Gasteiger partial charge in [-0.15, -0.1) is 0 Å². The second-order valence-corrected chi connectivity index (χ2v) is 7.65. The number of hydrogen-bond donors (Lipinski definition) is 2. The third-order valence-electron chi connectivity index (χ3n) is 5.10. The standard InChI is InChI=1S/C20H26ClN3O/c1-12-15(6-5-9-24(3)4)13(2)22-19(12)11-17-16-10-14(21)7-8-18(16)23-20(17)25/h7-8,10,17,22H,5-6,9,11H2,1-4H3,(H,23,25). The third-order valence-corrected chi connectivity index (χ3v) is 5.34. The molecular formula is C20H26ClN3O. The van der Waals surface area contributed by atoms with Crippen LogP contribution in [0.1, 0.15) is 40.4 Å². The van der Waals surface area contributed by atoms with Crippen molar-refractivity contribution in [2.45, 2.75) is 39.0 Å². The molecule has 1 amide bonds. The van der Waals surface area contributed by atoms with Gasteiger partial charge in [-0.1, -0.05) is 11.6 Å². The average Bonchev–Trinajstić information content (AvgIpc) is 2.98. The summed E-state index contributed by atoms with van der Waals surface area (Å²) in [6, 6.07) is 5.60. The van der Waals surface area contributed by atoms with E-state index in [1.807, 2.05) is 18.2 Å². The summed E-state index contributed by atoms with van der Waals surface area (Å²) in [6.45, 7) is 5.37.